The van der Waals surface area contributed by atoms with Gasteiger partial charge >= 0.3 is 11.9 Å². The molecule has 0 amide bonds. The number of hydrogen-bond acceptors (Lipinski definition) is 3. The van der Waals surface area contributed by atoms with Crippen LogP contribution in [0.25, 0.3) is 0 Å². The van der Waals surface area contributed by atoms with E-state index in [0.29, 0.717) is 24.8 Å². The molecule has 114 valence electrons. The summed E-state index contributed by atoms with van der Waals surface area (Å²) in [6.45, 7) is 3.87. The molecule has 4 heteroatoms. The summed E-state index contributed by atoms with van der Waals surface area (Å²) in [4.78, 5) is 24.0. The molecule has 0 aliphatic heterocycles. The molecular formula is C17H22O4. The second-order valence-electron chi connectivity index (χ2n) is 5.87. The Labute approximate surface area is 125 Å². The fraction of sp³-hybridized carbons (Fsp3) is 0.529. The van der Waals surface area contributed by atoms with Gasteiger partial charge in [-0.3, -0.25) is 4.79 Å². The molecule has 1 fully saturated rings. The Morgan fingerprint density at radius 1 is 1.43 bits per heavy atom. The minimum Gasteiger partial charge on any atom is -0.481 e. The van der Waals surface area contributed by atoms with Crippen molar-refractivity contribution in [1.29, 1.82) is 0 Å². The molecule has 0 saturated heterocycles. The summed E-state index contributed by atoms with van der Waals surface area (Å²) in [6.07, 6.45) is 2.80. The third-order valence-corrected chi connectivity index (χ3v) is 4.33. The predicted octanol–water partition coefficient (Wildman–Crippen LogP) is 3.58. The van der Waals surface area contributed by atoms with Gasteiger partial charge in [0.2, 0.25) is 0 Å². The molecule has 0 aromatic heterocycles. The molecule has 2 unspecified atom stereocenters. The van der Waals surface area contributed by atoms with Gasteiger partial charge < -0.3 is 9.84 Å². The fourth-order valence-electron chi connectivity index (χ4n) is 3.26. The SMILES string of the molecule is CCCC1(C(=O)O)CCCC1OC(=O)c1cccc(C)c1. The number of ether oxygens (including phenoxy) is 1. The molecular weight excluding hydrogens is 268 g/mol. The standard InChI is InChI=1S/C17H22O4/c1-3-9-17(16(19)20)10-5-8-14(17)21-15(18)13-7-4-6-12(2)11-13/h4,6-7,11,14H,3,5,8-10H2,1-2H3,(H,19,20). The average molecular weight is 290 g/mol. The second kappa shape index (κ2) is 6.29. The Morgan fingerprint density at radius 2 is 2.19 bits per heavy atom. The summed E-state index contributed by atoms with van der Waals surface area (Å²) in [5.74, 6) is -1.27. The highest BCUT2D eigenvalue weighted by atomic mass is 16.5. The topological polar surface area (TPSA) is 63.6 Å². The highest BCUT2D eigenvalue weighted by Gasteiger charge is 2.50. The van der Waals surface area contributed by atoms with Gasteiger partial charge in [0.15, 0.2) is 0 Å². The Hall–Kier alpha value is -1.84. The van der Waals surface area contributed by atoms with Crippen molar-refractivity contribution >= 4 is 11.9 Å². The van der Waals surface area contributed by atoms with E-state index in [1.165, 1.54) is 0 Å². The minimum absolute atomic E-state index is 0.424. The molecule has 1 aliphatic carbocycles. The van der Waals surface area contributed by atoms with Crippen LogP contribution in [0.15, 0.2) is 24.3 Å². The Kier molecular flexibility index (Phi) is 4.66. The lowest BCUT2D eigenvalue weighted by Gasteiger charge is -2.30. The summed E-state index contributed by atoms with van der Waals surface area (Å²) < 4.78 is 5.56. The smallest absolute Gasteiger partial charge is 0.338 e. The Morgan fingerprint density at radius 3 is 2.81 bits per heavy atom. The summed E-state index contributed by atoms with van der Waals surface area (Å²) >= 11 is 0. The van der Waals surface area contributed by atoms with Crippen molar-refractivity contribution in [3.05, 3.63) is 35.4 Å². The van der Waals surface area contributed by atoms with E-state index in [0.717, 1.165) is 18.4 Å². The number of carboxylic acids is 1. The molecule has 0 spiro atoms. The maximum Gasteiger partial charge on any atom is 0.338 e. The number of carboxylic acid groups (broad SMARTS) is 1. The Balaban J connectivity index is 2.17. The van der Waals surface area contributed by atoms with Crippen LogP contribution in [0.1, 0.15) is 54.9 Å². The molecule has 4 nitrogen and oxygen atoms in total. The van der Waals surface area contributed by atoms with Gasteiger partial charge in [0, 0.05) is 0 Å². The zero-order chi connectivity index (χ0) is 15.5. The molecule has 1 aromatic carbocycles. The molecule has 21 heavy (non-hydrogen) atoms. The zero-order valence-corrected chi connectivity index (χ0v) is 12.6. The highest BCUT2D eigenvalue weighted by molar-refractivity contribution is 5.90. The maximum absolute atomic E-state index is 12.3. The van der Waals surface area contributed by atoms with Gasteiger partial charge in [0.05, 0.1) is 5.56 Å². The van der Waals surface area contributed by atoms with Crippen LogP contribution in [0.2, 0.25) is 0 Å². The van der Waals surface area contributed by atoms with Gasteiger partial charge in [0.25, 0.3) is 0 Å². The molecule has 2 atom stereocenters. The van der Waals surface area contributed by atoms with Crippen LogP contribution in [0.5, 0.6) is 0 Å². The number of aliphatic carboxylic acids is 1. The van der Waals surface area contributed by atoms with Crippen LogP contribution in [0, 0.1) is 12.3 Å². The molecule has 0 radical (unpaired) electrons. The van der Waals surface area contributed by atoms with Crippen molar-refractivity contribution in [2.75, 3.05) is 0 Å². The lowest BCUT2D eigenvalue weighted by Crippen LogP contribution is -2.41. The van der Waals surface area contributed by atoms with Crippen molar-refractivity contribution < 1.29 is 19.4 Å². The van der Waals surface area contributed by atoms with Gasteiger partial charge in [0.1, 0.15) is 11.5 Å². The van der Waals surface area contributed by atoms with E-state index in [4.69, 9.17) is 4.74 Å². The van der Waals surface area contributed by atoms with Crippen molar-refractivity contribution in [3.63, 3.8) is 0 Å². The third-order valence-electron chi connectivity index (χ3n) is 4.33. The van der Waals surface area contributed by atoms with E-state index in [2.05, 4.69) is 0 Å². The van der Waals surface area contributed by atoms with Gasteiger partial charge in [-0.1, -0.05) is 31.0 Å². The Bertz CT molecular complexity index is 537. The molecule has 1 N–H and O–H groups in total. The van der Waals surface area contributed by atoms with Crippen LogP contribution in [0.4, 0.5) is 0 Å². The van der Waals surface area contributed by atoms with E-state index >= 15 is 0 Å². The van der Waals surface area contributed by atoms with Crippen molar-refractivity contribution in [2.24, 2.45) is 5.41 Å². The first kappa shape index (κ1) is 15.5. The summed E-state index contributed by atoms with van der Waals surface area (Å²) in [7, 11) is 0. The molecule has 2 rings (SSSR count). The zero-order valence-electron chi connectivity index (χ0n) is 12.6. The summed E-state index contributed by atoms with van der Waals surface area (Å²) in [5, 5.41) is 9.60. The first-order valence-corrected chi connectivity index (χ1v) is 7.50. The largest absolute Gasteiger partial charge is 0.481 e. The molecule has 1 saturated carbocycles. The van der Waals surface area contributed by atoms with E-state index in [1.807, 2.05) is 19.9 Å². The van der Waals surface area contributed by atoms with Gasteiger partial charge in [-0.2, -0.15) is 0 Å². The molecule has 0 bridgehead atoms. The van der Waals surface area contributed by atoms with Crippen LogP contribution in [0.3, 0.4) is 0 Å². The highest BCUT2D eigenvalue weighted by Crippen LogP contribution is 2.44. The number of esters is 1. The fourth-order valence-corrected chi connectivity index (χ4v) is 3.26. The average Bonchev–Trinajstić information content (AvgIpc) is 2.83. The van der Waals surface area contributed by atoms with Gasteiger partial charge in [-0.05, 0) is 44.7 Å². The minimum atomic E-state index is -0.908. The first-order chi connectivity index (χ1) is 9.99. The van der Waals surface area contributed by atoms with E-state index in [1.54, 1.807) is 18.2 Å². The molecule has 0 heterocycles. The second-order valence-corrected chi connectivity index (χ2v) is 5.87. The number of benzene rings is 1. The number of carbonyl (C=O) groups is 2. The molecule has 1 aromatic rings. The maximum atomic E-state index is 12.3. The van der Waals surface area contributed by atoms with Crippen molar-refractivity contribution in [2.45, 2.75) is 52.1 Å². The van der Waals surface area contributed by atoms with Gasteiger partial charge in [-0.15, -0.1) is 0 Å². The summed E-state index contributed by atoms with van der Waals surface area (Å²) in [6, 6.07) is 7.17. The normalized spacial score (nSPS) is 24.8. The van der Waals surface area contributed by atoms with Crippen molar-refractivity contribution in [1.82, 2.24) is 0 Å². The van der Waals surface area contributed by atoms with E-state index < -0.39 is 23.5 Å². The van der Waals surface area contributed by atoms with Crippen LogP contribution in [-0.4, -0.2) is 23.1 Å². The number of carbonyl (C=O) groups excluding carboxylic acids is 1. The van der Waals surface area contributed by atoms with Crippen molar-refractivity contribution in [3.8, 4) is 0 Å². The van der Waals surface area contributed by atoms with E-state index in [9.17, 15) is 14.7 Å². The number of hydrogen-bond donors (Lipinski definition) is 1. The number of rotatable bonds is 5. The summed E-state index contributed by atoms with van der Waals surface area (Å²) in [5.41, 5.74) is 0.556. The van der Waals surface area contributed by atoms with Crippen LogP contribution in [-0.2, 0) is 9.53 Å². The van der Waals surface area contributed by atoms with Crippen LogP contribution < -0.4 is 0 Å². The van der Waals surface area contributed by atoms with Gasteiger partial charge in [-0.25, -0.2) is 4.79 Å². The first-order valence-electron chi connectivity index (χ1n) is 7.50. The van der Waals surface area contributed by atoms with Crippen LogP contribution >= 0.6 is 0 Å². The third kappa shape index (κ3) is 3.09. The lowest BCUT2D eigenvalue weighted by atomic mass is 9.80. The number of aryl methyl sites for hydroxylation is 1. The molecule has 1 aliphatic rings. The predicted molar refractivity (Wildman–Crippen MR) is 79.2 cm³/mol. The quantitative estimate of drug-likeness (QED) is 0.842. The monoisotopic (exact) mass is 290 g/mol. The van der Waals surface area contributed by atoms with E-state index in [-0.39, 0.29) is 0 Å². The lowest BCUT2D eigenvalue weighted by molar-refractivity contribution is -0.155.